The average molecular weight is 423 g/mol. The minimum atomic E-state index is -0.676. The van der Waals surface area contributed by atoms with Gasteiger partial charge in [-0.2, -0.15) is 0 Å². The third-order valence-corrected chi connectivity index (χ3v) is 6.25. The van der Waals surface area contributed by atoms with Gasteiger partial charge < -0.3 is 26.6 Å². The van der Waals surface area contributed by atoms with Gasteiger partial charge in [-0.15, -0.1) is 0 Å². The van der Waals surface area contributed by atoms with Crippen LogP contribution in [0, 0.1) is 5.41 Å². The predicted molar refractivity (Wildman–Crippen MR) is 114 cm³/mol. The summed E-state index contributed by atoms with van der Waals surface area (Å²) in [5.41, 5.74) is 9.69. The number of hydrogen-bond acceptors (Lipinski definition) is 7. The standard InChI is InChI=1S/C20H34N6O4/c1-2-3-10-25-18(27)16(17(22)23)19(28)26(20(25)29)13-6-4-12(5-7-13)24-14-11-30-15(14)8-9-21/h12-15,24,27H,2-11,21H2,1H3,(H3,22,23)/t12?,13?,14-,15-/m0/s1. The molecule has 30 heavy (non-hydrogen) atoms. The zero-order chi connectivity index (χ0) is 21.8. The van der Waals surface area contributed by atoms with Crippen molar-refractivity contribution < 1.29 is 9.84 Å². The molecular formula is C20H34N6O4. The van der Waals surface area contributed by atoms with E-state index in [4.69, 9.17) is 21.6 Å². The molecule has 2 fully saturated rings. The molecule has 1 saturated carbocycles. The maximum atomic E-state index is 13.0. The maximum absolute atomic E-state index is 13.0. The Morgan fingerprint density at radius 1 is 1.30 bits per heavy atom. The van der Waals surface area contributed by atoms with Crippen molar-refractivity contribution in [2.45, 2.75) is 82.6 Å². The number of unbranched alkanes of at least 4 members (excludes halogenated alkanes) is 1. The van der Waals surface area contributed by atoms with Gasteiger partial charge in [0.05, 0.1) is 18.8 Å². The van der Waals surface area contributed by atoms with Gasteiger partial charge in [-0.25, -0.2) is 4.79 Å². The Hall–Kier alpha value is -2.17. The smallest absolute Gasteiger partial charge is 0.334 e. The van der Waals surface area contributed by atoms with Gasteiger partial charge in [0, 0.05) is 18.6 Å². The van der Waals surface area contributed by atoms with Crippen LogP contribution in [0.1, 0.15) is 63.5 Å². The summed E-state index contributed by atoms with van der Waals surface area (Å²) in [6.07, 6.45) is 5.48. The molecule has 2 atom stereocenters. The summed E-state index contributed by atoms with van der Waals surface area (Å²) < 4.78 is 7.93. The molecule has 0 spiro atoms. The summed E-state index contributed by atoms with van der Waals surface area (Å²) in [5.74, 6) is -1.03. The molecule has 2 heterocycles. The Labute approximate surface area is 175 Å². The van der Waals surface area contributed by atoms with Crippen molar-refractivity contribution in [1.82, 2.24) is 14.5 Å². The number of nitrogens with two attached hydrogens (primary N) is 2. The Kier molecular flexibility index (Phi) is 7.32. The number of nitrogens with one attached hydrogen (secondary N) is 2. The first-order chi connectivity index (χ1) is 14.4. The molecule has 0 unspecified atom stereocenters. The highest BCUT2D eigenvalue weighted by Gasteiger charge is 2.35. The molecular weight excluding hydrogens is 388 g/mol. The summed E-state index contributed by atoms with van der Waals surface area (Å²) in [4.78, 5) is 26.0. The van der Waals surface area contributed by atoms with Crippen LogP contribution in [0.5, 0.6) is 5.88 Å². The number of ether oxygens (including phenoxy) is 1. The van der Waals surface area contributed by atoms with Gasteiger partial charge in [0.15, 0.2) is 0 Å². The largest absolute Gasteiger partial charge is 0.494 e. The van der Waals surface area contributed by atoms with Crippen molar-refractivity contribution in [3.8, 4) is 5.88 Å². The minimum absolute atomic E-state index is 0.163. The molecule has 1 aromatic rings. The first-order valence-electron chi connectivity index (χ1n) is 10.9. The van der Waals surface area contributed by atoms with Gasteiger partial charge in [-0.3, -0.25) is 19.3 Å². The number of nitrogens with zero attached hydrogens (tertiary/aromatic N) is 2. The second kappa shape index (κ2) is 9.76. The van der Waals surface area contributed by atoms with Crippen LogP contribution in [-0.4, -0.2) is 51.4 Å². The van der Waals surface area contributed by atoms with Crippen LogP contribution in [0.4, 0.5) is 0 Å². The zero-order valence-corrected chi connectivity index (χ0v) is 17.6. The van der Waals surface area contributed by atoms with E-state index in [2.05, 4.69) is 5.32 Å². The molecule has 7 N–H and O–H groups in total. The molecule has 0 bridgehead atoms. The monoisotopic (exact) mass is 422 g/mol. The molecule has 0 aromatic carbocycles. The lowest BCUT2D eigenvalue weighted by Gasteiger charge is -2.41. The first kappa shape index (κ1) is 22.5. The van der Waals surface area contributed by atoms with Crippen LogP contribution in [-0.2, 0) is 11.3 Å². The third-order valence-electron chi connectivity index (χ3n) is 6.25. The van der Waals surface area contributed by atoms with Gasteiger partial charge >= 0.3 is 5.69 Å². The third kappa shape index (κ3) is 4.45. The van der Waals surface area contributed by atoms with E-state index in [9.17, 15) is 14.7 Å². The number of nitrogen functional groups attached to an aromatic ring is 1. The average Bonchev–Trinajstić information content (AvgIpc) is 2.70. The highest BCUT2D eigenvalue weighted by Crippen LogP contribution is 2.29. The van der Waals surface area contributed by atoms with E-state index in [1.807, 2.05) is 6.92 Å². The molecule has 0 radical (unpaired) electrons. The van der Waals surface area contributed by atoms with Crippen LogP contribution in [0.25, 0.3) is 0 Å². The second-order valence-corrected chi connectivity index (χ2v) is 8.30. The molecule has 1 saturated heterocycles. The van der Waals surface area contributed by atoms with Crippen molar-refractivity contribution in [2.24, 2.45) is 11.5 Å². The van der Waals surface area contributed by atoms with E-state index in [0.29, 0.717) is 44.5 Å². The summed E-state index contributed by atoms with van der Waals surface area (Å²) in [7, 11) is 0. The predicted octanol–water partition coefficient (Wildman–Crippen LogP) is -0.0107. The topological polar surface area (TPSA) is 161 Å². The van der Waals surface area contributed by atoms with Crippen molar-refractivity contribution in [3.63, 3.8) is 0 Å². The number of amidine groups is 1. The molecule has 1 aliphatic heterocycles. The number of aromatic nitrogens is 2. The molecule has 0 amide bonds. The van der Waals surface area contributed by atoms with Crippen molar-refractivity contribution in [2.75, 3.05) is 13.2 Å². The fourth-order valence-corrected chi connectivity index (χ4v) is 4.47. The Balaban J connectivity index is 1.78. The lowest BCUT2D eigenvalue weighted by molar-refractivity contribution is -0.0938. The molecule has 3 rings (SSSR count). The van der Waals surface area contributed by atoms with E-state index >= 15 is 0 Å². The quantitative estimate of drug-likeness (QED) is 0.276. The number of aromatic hydroxyl groups is 1. The molecule has 168 valence electrons. The summed E-state index contributed by atoms with van der Waals surface area (Å²) in [6.45, 7) is 3.54. The minimum Gasteiger partial charge on any atom is -0.494 e. The fourth-order valence-electron chi connectivity index (χ4n) is 4.47. The van der Waals surface area contributed by atoms with E-state index in [1.54, 1.807) is 0 Å². The summed E-state index contributed by atoms with van der Waals surface area (Å²) in [6, 6.07) is 0.340. The first-order valence-corrected chi connectivity index (χ1v) is 10.9. The van der Waals surface area contributed by atoms with Crippen LogP contribution >= 0.6 is 0 Å². The molecule has 1 aliphatic carbocycles. The normalized spacial score (nSPS) is 26.3. The Bertz CT molecular complexity index is 871. The van der Waals surface area contributed by atoms with Crippen LogP contribution < -0.4 is 28.0 Å². The number of hydrogen-bond donors (Lipinski definition) is 5. The maximum Gasteiger partial charge on any atom is 0.334 e. The Morgan fingerprint density at radius 3 is 2.53 bits per heavy atom. The van der Waals surface area contributed by atoms with E-state index in [0.717, 1.165) is 25.7 Å². The van der Waals surface area contributed by atoms with Gasteiger partial charge in [-0.1, -0.05) is 13.3 Å². The highest BCUT2D eigenvalue weighted by atomic mass is 16.5. The van der Waals surface area contributed by atoms with Crippen molar-refractivity contribution >= 4 is 5.84 Å². The molecule has 2 aliphatic rings. The molecule has 10 heteroatoms. The van der Waals surface area contributed by atoms with Gasteiger partial charge in [-0.05, 0) is 45.1 Å². The van der Waals surface area contributed by atoms with Gasteiger partial charge in [0.2, 0.25) is 5.88 Å². The van der Waals surface area contributed by atoms with Crippen LogP contribution in [0.15, 0.2) is 9.59 Å². The fraction of sp³-hybridized carbons (Fsp3) is 0.750. The van der Waals surface area contributed by atoms with Gasteiger partial charge in [0.25, 0.3) is 5.56 Å². The van der Waals surface area contributed by atoms with E-state index in [1.165, 1.54) is 9.13 Å². The second-order valence-electron chi connectivity index (χ2n) is 8.30. The highest BCUT2D eigenvalue weighted by molar-refractivity contribution is 5.96. The summed E-state index contributed by atoms with van der Waals surface area (Å²) >= 11 is 0. The molecule has 1 aromatic heterocycles. The summed E-state index contributed by atoms with van der Waals surface area (Å²) in [5, 5.41) is 21.8. The van der Waals surface area contributed by atoms with E-state index < -0.39 is 23.0 Å². The van der Waals surface area contributed by atoms with E-state index in [-0.39, 0.29) is 24.3 Å². The lowest BCUT2D eigenvalue weighted by Crippen LogP contribution is -2.58. The Morgan fingerprint density at radius 2 is 2.00 bits per heavy atom. The number of rotatable bonds is 9. The van der Waals surface area contributed by atoms with Crippen molar-refractivity contribution in [3.05, 3.63) is 26.4 Å². The lowest BCUT2D eigenvalue weighted by atomic mass is 9.89. The van der Waals surface area contributed by atoms with Gasteiger partial charge in [0.1, 0.15) is 11.4 Å². The van der Waals surface area contributed by atoms with Crippen LogP contribution in [0.3, 0.4) is 0 Å². The van der Waals surface area contributed by atoms with Crippen LogP contribution in [0.2, 0.25) is 0 Å². The van der Waals surface area contributed by atoms with Crippen molar-refractivity contribution in [1.29, 1.82) is 5.41 Å². The zero-order valence-electron chi connectivity index (χ0n) is 17.6. The SMILES string of the molecule is CCCCn1c(O)c(C(=N)N)c(=O)n(C2CCC(N[C@H]3CO[C@H]3CCN)CC2)c1=O. The molecule has 10 nitrogen and oxygen atoms in total.